The predicted molar refractivity (Wildman–Crippen MR) is 119 cm³/mol. The topological polar surface area (TPSA) is 74.2 Å². The molecule has 0 aliphatic carbocycles. The fourth-order valence-electron chi connectivity index (χ4n) is 4.19. The first-order chi connectivity index (χ1) is 14.5. The molecule has 3 aromatic heterocycles. The van der Waals surface area contributed by atoms with Crippen molar-refractivity contribution in [3.63, 3.8) is 0 Å². The molecule has 0 saturated carbocycles. The zero-order valence-corrected chi connectivity index (χ0v) is 17.9. The second-order valence-electron chi connectivity index (χ2n) is 8.23. The molecule has 0 aromatic carbocycles. The van der Waals surface area contributed by atoms with Crippen molar-refractivity contribution >= 4 is 16.9 Å². The van der Waals surface area contributed by atoms with Gasteiger partial charge in [0.2, 0.25) is 5.91 Å². The lowest BCUT2D eigenvalue weighted by molar-refractivity contribution is -0.130. The highest BCUT2D eigenvalue weighted by molar-refractivity contribution is 5.93. The van der Waals surface area contributed by atoms with Crippen LogP contribution in [-0.4, -0.2) is 64.0 Å². The number of hydrogen-bond donors (Lipinski definition) is 1. The van der Waals surface area contributed by atoms with Crippen LogP contribution in [0.4, 0.5) is 0 Å². The highest BCUT2D eigenvalue weighted by atomic mass is 16.2. The van der Waals surface area contributed by atoms with Crippen molar-refractivity contribution in [1.29, 1.82) is 0 Å². The van der Waals surface area contributed by atoms with Gasteiger partial charge in [-0.05, 0) is 62.2 Å². The predicted octanol–water partition coefficient (Wildman–Crippen LogP) is 2.68. The van der Waals surface area contributed by atoms with Gasteiger partial charge in [0.1, 0.15) is 5.65 Å². The molecular weight excluding hydrogens is 378 g/mol. The van der Waals surface area contributed by atoms with Gasteiger partial charge in [-0.3, -0.25) is 14.5 Å². The van der Waals surface area contributed by atoms with Crippen LogP contribution in [0.15, 0.2) is 41.5 Å². The van der Waals surface area contributed by atoms with Gasteiger partial charge in [-0.1, -0.05) is 0 Å². The molecule has 0 bridgehead atoms. The molecule has 0 unspecified atom stereocenters. The SMILES string of the molecule is CCn1cc(-c2ccnc3[nH]c(C4CCN(CC(=O)N(C)C)CC4)cc23)ccc1=O. The molecule has 0 radical (unpaired) electrons. The van der Waals surface area contributed by atoms with E-state index in [4.69, 9.17) is 0 Å². The van der Waals surface area contributed by atoms with Crippen LogP contribution in [0.3, 0.4) is 0 Å². The Hall–Kier alpha value is -2.93. The van der Waals surface area contributed by atoms with Crippen molar-refractivity contribution < 1.29 is 4.79 Å². The van der Waals surface area contributed by atoms with E-state index in [1.54, 1.807) is 29.6 Å². The average Bonchev–Trinajstić information content (AvgIpc) is 3.19. The zero-order chi connectivity index (χ0) is 21.3. The second-order valence-corrected chi connectivity index (χ2v) is 8.23. The summed E-state index contributed by atoms with van der Waals surface area (Å²) in [6.07, 6.45) is 5.77. The number of rotatable bonds is 5. The Morgan fingerprint density at radius 3 is 2.70 bits per heavy atom. The number of pyridine rings is 2. The van der Waals surface area contributed by atoms with Gasteiger partial charge >= 0.3 is 0 Å². The molecule has 30 heavy (non-hydrogen) atoms. The summed E-state index contributed by atoms with van der Waals surface area (Å²) in [7, 11) is 3.60. The summed E-state index contributed by atoms with van der Waals surface area (Å²) in [6, 6.07) is 7.74. The number of fused-ring (bicyclic) bond motifs is 1. The van der Waals surface area contributed by atoms with Crippen LogP contribution in [-0.2, 0) is 11.3 Å². The Morgan fingerprint density at radius 2 is 2.00 bits per heavy atom. The number of aryl methyl sites for hydroxylation is 1. The summed E-state index contributed by atoms with van der Waals surface area (Å²) in [6.45, 7) is 4.95. The van der Waals surface area contributed by atoms with Crippen LogP contribution in [0.25, 0.3) is 22.2 Å². The smallest absolute Gasteiger partial charge is 0.250 e. The van der Waals surface area contributed by atoms with Crippen LogP contribution >= 0.6 is 0 Å². The first-order valence-corrected chi connectivity index (χ1v) is 10.6. The standard InChI is InChI=1S/C23H29N5O2/c1-4-28-14-17(5-6-21(28)29)18-7-10-24-23-19(18)13-20(25-23)16-8-11-27(12-9-16)15-22(30)26(2)3/h5-7,10,13-14,16H,4,8-9,11-12,15H2,1-3H3,(H,24,25). The molecule has 0 atom stereocenters. The zero-order valence-electron chi connectivity index (χ0n) is 17.9. The highest BCUT2D eigenvalue weighted by Gasteiger charge is 2.24. The van der Waals surface area contributed by atoms with Gasteiger partial charge in [0, 0.05) is 56.1 Å². The first kappa shape index (κ1) is 20.3. The number of likely N-dealkylation sites (N-methyl/N-ethyl adjacent to an activating group) is 1. The van der Waals surface area contributed by atoms with Gasteiger partial charge in [0.15, 0.2) is 0 Å². The number of aromatic amines is 1. The third kappa shape index (κ3) is 4.03. The van der Waals surface area contributed by atoms with E-state index in [0.717, 1.165) is 48.1 Å². The molecule has 4 rings (SSSR count). The van der Waals surface area contributed by atoms with Crippen LogP contribution in [0, 0.1) is 0 Å². The molecule has 4 heterocycles. The van der Waals surface area contributed by atoms with Gasteiger partial charge in [0.05, 0.1) is 6.54 Å². The average molecular weight is 408 g/mol. The number of likely N-dealkylation sites (tertiary alicyclic amines) is 1. The van der Waals surface area contributed by atoms with Crippen molar-refractivity contribution in [2.45, 2.75) is 32.2 Å². The number of nitrogens with zero attached hydrogens (tertiary/aromatic N) is 4. The maximum atomic E-state index is 12.0. The van der Waals surface area contributed by atoms with E-state index < -0.39 is 0 Å². The van der Waals surface area contributed by atoms with E-state index in [-0.39, 0.29) is 11.5 Å². The number of amides is 1. The van der Waals surface area contributed by atoms with E-state index in [1.807, 2.05) is 31.5 Å². The number of H-pyrrole nitrogens is 1. The van der Waals surface area contributed by atoms with E-state index in [1.165, 1.54) is 5.69 Å². The molecule has 158 valence electrons. The van der Waals surface area contributed by atoms with Crippen LogP contribution < -0.4 is 5.56 Å². The maximum absolute atomic E-state index is 12.0. The fraction of sp³-hybridized carbons (Fsp3) is 0.435. The van der Waals surface area contributed by atoms with Gasteiger partial charge in [-0.2, -0.15) is 0 Å². The lowest BCUT2D eigenvalue weighted by Crippen LogP contribution is -2.40. The van der Waals surface area contributed by atoms with E-state index >= 15 is 0 Å². The summed E-state index contributed by atoms with van der Waals surface area (Å²) < 4.78 is 1.72. The Morgan fingerprint density at radius 1 is 1.23 bits per heavy atom. The Kier molecular flexibility index (Phi) is 5.72. The van der Waals surface area contributed by atoms with Crippen LogP contribution in [0.2, 0.25) is 0 Å². The van der Waals surface area contributed by atoms with Crippen molar-refractivity contribution in [1.82, 2.24) is 24.3 Å². The summed E-state index contributed by atoms with van der Waals surface area (Å²) >= 11 is 0. The number of aromatic nitrogens is 3. The molecule has 7 heteroatoms. The molecule has 1 aliphatic heterocycles. The third-order valence-corrected chi connectivity index (χ3v) is 6.07. The minimum Gasteiger partial charge on any atom is -0.348 e. The molecular formula is C23H29N5O2. The summed E-state index contributed by atoms with van der Waals surface area (Å²) in [5.74, 6) is 0.587. The van der Waals surface area contributed by atoms with Gasteiger partial charge in [-0.15, -0.1) is 0 Å². The maximum Gasteiger partial charge on any atom is 0.250 e. The molecule has 1 aliphatic rings. The second kappa shape index (κ2) is 8.44. The largest absolute Gasteiger partial charge is 0.348 e. The lowest BCUT2D eigenvalue weighted by atomic mass is 9.93. The molecule has 7 nitrogen and oxygen atoms in total. The van der Waals surface area contributed by atoms with Gasteiger partial charge < -0.3 is 14.5 Å². The van der Waals surface area contributed by atoms with E-state index in [0.29, 0.717) is 19.0 Å². The molecule has 1 fully saturated rings. The van der Waals surface area contributed by atoms with E-state index in [2.05, 4.69) is 20.9 Å². The van der Waals surface area contributed by atoms with Crippen LogP contribution in [0.5, 0.6) is 0 Å². The van der Waals surface area contributed by atoms with Gasteiger partial charge in [0.25, 0.3) is 5.56 Å². The Bertz CT molecular complexity index is 1110. The number of piperidine rings is 1. The normalized spacial score (nSPS) is 15.6. The monoisotopic (exact) mass is 407 g/mol. The van der Waals surface area contributed by atoms with Crippen molar-refractivity contribution in [2.75, 3.05) is 33.7 Å². The number of carbonyl (C=O) groups is 1. The summed E-state index contributed by atoms with van der Waals surface area (Å²) in [4.78, 5) is 35.9. The number of nitrogens with one attached hydrogen (secondary N) is 1. The number of carbonyl (C=O) groups excluding carboxylic acids is 1. The van der Waals surface area contributed by atoms with Crippen molar-refractivity contribution in [3.8, 4) is 11.1 Å². The number of hydrogen-bond acceptors (Lipinski definition) is 4. The first-order valence-electron chi connectivity index (χ1n) is 10.6. The highest BCUT2D eigenvalue weighted by Crippen LogP contribution is 2.33. The minimum absolute atomic E-state index is 0.0146. The van der Waals surface area contributed by atoms with Crippen molar-refractivity contribution in [2.24, 2.45) is 0 Å². The Balaban J connectivity index is 1.56. The molecule has 3 aromatic rings. The van der Waals surface area contributed by atoms with Crippen molar-refractivity contribution in [3.05, 3.63) is 52.7 Å². The summed E-state index contributed by atoms with van der Waals surface area (Å²) in [5, 5.41) is 1.08. The van der Waals surface area contributed by atoms with E-state index in [9.17, 15) is 9.59 Å². The fourth-order valence-corrected chi connectivity index (χ4v) is 4.19. The third-order valence-electron chi connectivity index (χ3n) is 6.07. The van der Waals surface area contributed by atoms with Gasteiger partial charge in [-0.25, -0.2) is 4.98 Å². The molecule has 1 amide bonds. The quantitative estimate of drug-likeness (QED) is 0.706. The minimum atomic E-state index is 0.0146. The Labute approximate surface area is 176 Å². The molecule has 1 N–H and O–H groups in total. The van der Waals surface area contributed by atoms with Crippen LogP contribution in [0.1, 0.15) is 31.4 Å². The molecule has 1 saturated heterocycles. The summed E-state index contributed by atoms with van der Waals surface area (Å²) in [5.41, 5.74) is 4.19. The lowest BCUT2D eigenvalue weighted by Gasteiger charge is -2.31. The molecule has 0 spiro atoms.